The first-order valence-electron chi connectivity index (χ1n) is 6.96. The van der Waals surface area contributed by atoms with E-state index in [2.05, 4.69) is 13.8 Å². The van der Waals surface area contributed by atoms with Crippen molar-refractivity contribution in [2.24, 2.45) is 22.4 Å². The fourth-order valence-electron chi connectivity index (χ4n) is 2.18. The Kier molecular flexibility index (Phi) is 7.23. The average molecular weight is 285 g/mol. The van der Waals surface area contributed by atoms with E-state index in [-0.39, 0.29) is 16.6 Å². The van der Waals surface area contributed by atoms with Gasteiger partial charge in [-0.15, -0.1) is 0 Å². The molecule has 0 radical (unpaired) electrons. The third kappa shape index (κ3) is 9.81. The second kappa shape index (κ2) is 7.64. The molecule has 4 N–H and O–H groups in total. The first kappa shape index (κ1) is 18.9. The van der Waals surface area contributed by atoms with Crippen LogP contribution < -0.4 is 11.6 Å². The molecule has 0 aromatic rings. The highest BCUT2D eigenvalue weighted by Gasteiger charge is 2.24. The zero-order valence-electron chi connectivity index (χ0n) is 13.8. The zero-order valence-corrected chi connectivity index (χ0v) is 13.8. The number of Topliss-reactive ketones (excluding diaryl/α,β-unsaturated/α-hetero) is 1. The van der Waals surface area contributed by atoms with E-state index in [4.69, 9.17) is 16.3 Å². The molecule has 0 unspecified atom stereocenters. The van der Waals surface area contributed by atoms with Gasteiger partial charge in [-0.25, -0.2) is 5.84 Å². The Morgan fingerprint density at radius 3 is 2.10 bits per heavy atom. The van der Waals surface area contributed by atoms with Gasteiger partial charge in [0.15, 0.2) is 0 Å². The molecule has 20 heavy (non-hydrogen) atoms. The minimum absolute atomic E-state index is 0.0903. The van der Waals surface area contributed by atoms with Crippen molar-refractivity contribution in [3.63, 3.8) is 0 Å². The minimum Gasteiger partial charge on any atom is -0.401 e. The van der Waals surface area contributed by atoms with E-state index >= 15 is 0 Å². The lowest BCUT2D eigenvalue weighted by Crippen LogP contribution is -2.39. The number of ether oxygens (including phenoxy) is 1. The summed E-state index contributed by atoms with van der Waals surface area (Å²) in [6.07, 6.45) is 2.24. The molecule has 0 heterocycles. The molecule has 0 rings (SSSR count). The van der Waals surface area contributed by atoms with Crippen molar-refractivity contribution in [1.82, 2.24) is 5.01 Å². The molecule has 0 saturated carbocycles. The molecule has 118 valence electrons. The van der Waals surface area contributed by atoms with Crippen LogP contribution in [0.4, 0.5) is 0 Å². The smallest absolute Gasteiger partial charge is 0.130 e. The summed E-state index contributed by atoms with van der Waals surface area (Å²) in [5.74, 6) is 6.05. The number of allylic oxidation sites excluding steroid dienone is 1. The maximum absolute atomic E-state index is 11.2. The molecule has 5 heteroatoms. The van der Waals surface area contributed by atoms with Crippen molar-refractivity contribution in [3.8, 4) is 0 Å². The fourth-order valence-corrected chi connectivity index (χ4v) is 2.18. The van der Waals surface area contributed by atoms with E-state index in [1.165, 1.54) is 0 Å². The van der Waals surface area contributed by atoms with E-state index in [1.54, 1.807) is 25.1 Å². The summed E-state index contributed by atoms with van der Waals surface area (Å²) in [6, 6.07) is 0. The van der Waals surface area contributed by atoms with Gasteiger partial charge in [0.2, 0.25) is 0 Å². The van der Waals surface area contributed by atoms with E-state index < -0.39 is 0 Å². The van der Waals surface area contributed by atoms with Crippen LogP contribution in [0.5, 0.6) is 0 Å². The standard InChI is InChI=1S/C15H31N3O2/c1-12(16)8-18(17)9-15(5,6)11-20-10-14(3,4)7-13(2)19/h8H,7,9-11,16-17H2,1-6H3/b12-8-. The van der Waals surface area contributed by atoms with Crippen molar-refractivity contribution in [2.45, 2.75) is 48.0 Å². The highest BCUT2D eigenvalue weighted by atomic mass is 16.5. The quantitative estimate of drug-likeness (QED) is 0.500. The highest BCUT2D eigenvalue weighted by molar-refractivity contribution is 5.76. The maximum Gasteiger partial charge on any atom is 0.130 e. The topological polar surface area (TPSA) is 81.6 Å². The fraction of sp³-hybridized carbons (Fsp3) is 0.800. The summed E-state index contributed by atoms with van der Waals surface area (Å²) in [6.45, 7) is 13.5. The number of ketones is 1. The van der Waals surface area contributed by atoms with Gasteiger partial charge in [0.05, 0.1) is 13.2 Å². The summed E-state index contributed by atoms with van der Waals surface area (Å²) in [5.41, 5.74) is 6.05. The molecule has 0 spiro atoms. The van der Waals surface area contributed by atoms with Gasteiger partial charge in [-0.1, -0.05) is 27.7 Å². The zero-order chi connectivity index (χ0) is 16.0. The largest absolute Gasteiger partial charge is 0.401 e. The Morgan fingerprint density at radius 1 is 1.15 bits per heavy atom. The Morgan fingerprint density at radius 2 is 1.65 bits per heavy atom. The van der Waals surface area contributed by atoms with Crippen molar-refractivity contribution < 1.29 is 9.53 Å². The molecule has 0 saturated heterocycles. The molecular formula is C15H31N3O2. The van der Waals surface area contributed by atoms with Gasteiger partial charge < -0.3 is 20.3 Å². The van der Waals surface area contributed by atoms with Crippen LogP contribution in [0.25, 0.3) is 0 Å². The maximum atomic E-state index is 11.2. The molecular weight excluding hydrogens is 254 g/mol. The van der Waals surface area contributed by atoms with Gasteiger partial charge in [-0.2, -0.15) is 0 Å². The lowest BCUT2D eigenvalue weighted by atomic mass is 9.88. The van der Waals surface area contributed by atoms with Crippen LogP contribution in [0.1, 0.15) is 48.0 Å². The van der Waals surface area contributed by atoms with Crippen molar-refractivity contribution >= 4 is 5.78 Å². The molecule has 0 bridgehead atoms. The van der Waals surface area contributed by atoms with Crippen LogP contribution in [-0.2, 0) is 9.53 Å². The number of rotatable bonds is 9. The number of carbonyl (C=O) groups is 1. The Balaban J connectivity index is 4.22. The van der Waals surface area contributed by atoms with E-state index in [9.17, 15) is 4.79 Å². The van der Waals surface area contributed by atoms with Crippen molar-refractivity contribution in [2.75, 3.05) is 19.8 Å². The van der Waals surface area contributed by atoms with Crippen LogP contribution in [-0.4, -0.2) is 30.6 Å². The van der Waals surface area contributed by atoms with Crippen LogP contribution in [0, 0.1) is 10.8 Å². The predicted octanol–water partition coefficient (Wildman–Crippen LogP) is 2.03. The summed E-state index contributed by atoms with van der Waals surface area (Å²) < 4.78 is 5.78. The number of hydrogen-bond donors (Lipinski definition) is 2. The summed E-state index contributed by atoms with van der Waals surface area (Å²) in [5, 5.41) is 1.58. The van der Waals surface area contributed by atoms with Crippen molar-refractivity contribution in [1.29, 1.82) is 0 Å². The number of hydrogen-bond acceptors (Lipinski definition) is 5. The lowest BCUT2D eigenvalue weighted by molar-refractivity contribution is -0.120. The first-order chi connectivity index (χ1) is 8.93. The minimum atomic E-state index is -0.127. The predicted molar refractivity (Wildman–Crippen MR) is 82.5 cm³/mol. The van der Waals surface area contributed by atoms with Crippen LogP contribution in [0.2, 0.25) is 0 Å². The highest BCUT2D eigenvalue weighted by Crippen LogP contribution is 2.23. The van der Waals surface area contributed by atoms with Gasteiger partial charge in [0, 0.05) is 30.3 Å². The van der Waals surface area contributed by atoms with Crippen LogP contribution in [0.3, 0.4) is 0 Å². The average Bonchev–Trinajstić information content (AvgIpc) is 2.10. The van der Waals surface area contributed by atoms with E-state index in [1.807, 2.05) is 13.8 Å². The summed E-state index contributed by atoms with van der Waals surface area (Å²) in [7, 11) is 0. The van der Waals surface area contributed by atoms with E-state index in [0.29, 0.717) is 31.9 Å². The Hall–Kier alpha value is -1.07. The molecule has 0 amide bonds. The molecule has 0 aromatic carbocycles. The molecule has 0 aliphatic heterocycles. The second-order valence-electron chi connectivity index (χ2n) is 7.25. The normalized spacial score (nSPS) is 13.4. The molecule has 0 atom stereocenters. The number of nitrogens with two attached hydrogens (primary N) is 2. The number of nitrogens with zero attached hydrogens (tertiary/aromatic N) is 1. The summed E-state index contributed by atoms with van der Waals surface area (Å²) >= 11 is 0. The summed E-state index contributed by atoms with van der Waals surface area (Å²) in [4.78, 5) is 11.2. The SMILES string of the molecule is CC(=O)CC(C)(C)COCC(C)(C)CN(N)/C=C(/C)N. The molecule has 0 fully saturated rings. The first-order valence-corrected chi connectivity index (χ1v) is 6.96. The van der Waals surface area contributed by atoms with Gasteiger partial charge in [0.1, 0.15) is 5.78 Å². The van der Waals surface area contributed by atoms with Crippen LogP contribution >= 0.6 is 0 Å². The van der Waals surface area contributed by atoms with Gasteiger partial charge >= 0.3 is 0 Å². The molecule has 0 aromatic heterocycles. The third-order valence-electron chi connectivity index (χ3n) is 2.69. The number of hydrazine groups is 1. The second-order valence-corrected chi connectivity index (χ2v) is 7.25. The lowest BCUT2D eigenvalue weighted by Gasteiger charge is -2.31. The van der Waals surface area contributed by atoms with Crippen molar-refractivity contribution in [3.05, 3.63) is 11.9 Å². The molecule has 0 aliphatic carbocycles. The monoisotopic (exact) mass is 285 g/mol. The Bertz CT molecular complexity index is 345. The number of carbonyl (C=O) groups excluding carboxylic acids is 1. The van der Waals surface area contributed by atoms with Gasteiger partial charge in [-0.3, -0.25) is 0 Å². The van der Waals surface area contributed by atoms with E-state index in [0.717, 1.165) is 0 Å². The third-order valence-corrected chi connectivity index (χ3v) is 2.69. The molecule has 5 nitrogen and oxygen atoms in total. The Labute approximate surface area is 123 Å². The molecule has 0 aliphatic rings. The van der Waals surface area contributed by atoms with Gasteiger partial charge in [0.25, 0.3) is 0 Å². The van der Waals surface area contributed by atoms with Gasteiger partial charge in [-0.05, 0) is 19.3 Å². The van der Waals surface area contributed by atoms with Crippen LogP contribution in [0.15, 0.2) is 11.9 Å².